The van der Waals surface area contributed by atoms with E-state index in [0.717, 1.165) is 21.8 Å². The van der Waals surface area contributed by atoms with Crippen LogP contribution in [0.25, 0.3) is 0 Å². The monoisotopic (exact) mass is 423 g/mol. The highest BCUT2D eigenvalue weighted by molar-refractivity contribution is 7.17. The van der Waals surface area contributed by atoms with Crippen LogP contribution in [0, 0.1) is 6.92 Å². The van der Waals surface area contributed by atoms with Crippen LogP contribution in [0.2, 0.25) is 0 Å². The molecule has 0 unspecified atom stereocenters. The lowest BCUT2D eigenvalue weighted by Crippen LogP contribution is -2.14. The second kappa shape index (κ2) is 8.59. The normalized spacial score (nSPS) is 11.9. The molecule has 0 radical (unpaired) electrons. The highest BCUT2D eigenvalue weighted by Crippen LogP contribution is 2.38. The Hall–Kier alpha value is -3.32. The zero-order chi connectivity index (χ0) is 21.1. The summed E-state index contributed by atoms with van der Waals surface area (Å²) < 4.78 is 16.1. The first kappa shape index (κ1) is 20.0. The molecule has 30 heavy (non-hydrogen) atoms. The Labute approximate surface area is 178 Å². The number of amides is 1. The third-order valence-electron chi connectivity index (χ3n) is 4.79. The Balaban J connectivity index is 1.65. The summed E-state index contributed by atoms with van der Waals surface area (Å²) in [6, 6.07) is 14.7. The van der Waals surface area contributed by atoms with E-state index in [4.69, 9.17) is 14.2 Å². The Bertz CT molecular complexity index is 1090. The molecule has 154 valence electrons. The van der Waals surface area contributed by atoms with Gasteiger partial charge in [0.25, 0.3) is 5.91 Å². The lowest BCUT2D eigenvalue weighted by atomic mass is 10.1. The Kier molecular flexibility index (Phi) is 5.72. The van der Waals surface area contributed by atoms with Gasteiger partial charge in [0.05, 0.1) is 12.2 Å². The van der Waals surface area contributed by atoms with Gasteiger partial charge in [0, 0.05) is 16.9 Å². The van der Waals surface area contributed by atoms with Crippen molar-refractivity contribution in [1.82, 2.24) is 0 Å². The van der Waals surface area contributed by atoms with Crippen LogP contribution in [0.1, 0.15) is 43.6 Å². The smallest absolute Gasteiger partial charge is 0.341 e. The van der Waals surface area contributed by atoms with E-state index in [2.05, 4.69) is 5.32 Å². The SMILES string of the molecule is CCOC(=O)c1c(NC(=O)c2ccccc2)sc(Cc2ccc3c(c2)OCO3)c1C. The van der Waals surface area contributed by atoms with Crippen LogP contribution in [0.4, 0.5) is 5.00 Å². The molecule has 3 aromatic rings. The zero-order valence-corrected chi connectivity index (χ0v) is 17.5. The van der Waals surface area contributed by atoms with Gasteiger partial charge in [-0.05, 0) is 49.2 Å². The number of nitrogens with one attached hydrogen (secondary N) is 1. The van der Waals surface area contributed by atoms with E-state index in [-0.39, 0.29) is 19.3 Å². The second-order valence-electron chi connectivity index (χ2n) is 6.76. The molecule has 2 aromatic carbocycles. The van der Waals surface area contributed by atoms with Crippen LogP contribution in [-0.4, -0.2) is 25.3 Å². The molecule has 0 bridgehead atoms. The maximum Gasteiger partial charge on any atom is 0.341 e. The largest absolute Gasteiger partial charge is 0.462 e. The zero-order valence-electron chi connectivity index (χ0n) is 16.7. The van der Waals surface area contributed by atoms with E-state index in [0.29, 0.717) is 28.3 Å². The van der Waals surface area contributed by atoms with Gasteiger partial charge in [-0.15, -0.1) is 11.3 Å². The molecular formula is C23H21NO5S. The Morgan fingerprint density at radius 2 is 1.87 bits per heavy atom. The summed E-state index contributed by atoms with van der Waals surface area (Å²) in [4.78, 5) is 26.3. The fourth-order valence-corrected chi connectivity index (χ4v) is 4.49. The lowest BCUT2D eigenvalue weighted by molar-refractivity contribution is 0.0527. The average molecular weight is 423 g/mol. The molecule has 6 nitrogen and oxygen atoms in total. The molecule has 0 saturated carbocycles. The second-order valence-corrected chi connectivity index (χ2v) is 7.86. The highest BCUT2D eigenvalue weighted by Gasteiger charge is 2.24. The number of thiophene rings is 1. The van der Waals surface area contributed by atoms with Crippen LogP contribution in [0.3, 0.4) is 0 Å². The van der Waals surface area contributed by atoms with Crippen molar-refractivity contribution in [2.24, 2.45) is 0 Å². The van der Waals surface area contributed by atoms with Gasteiger partial charge in [0.15, 0.2) is 11.5 Å². The van der Waals surface area contributed by atoms with E-state index in [1.54, 1.807) is 31.2 Å². The van der Waals surface area contributed by atoms with Gasteiger partial charge in [0.1, 0.15) is 5.00 Å². The molecule has 1 aromatic heterocycles. The number of hydrogen-bond acceptors (Lipinski definition) is 6. The number of carbonyl (C=O) groups excluding carboxylic acids is 2. The summed E-state index contributed by atoms with van der Waals surface area (Å²) in [5, 5.41) is 3.38. The topological polar surface area (TPSA) is 73.9 Å². The van der Waals surface area contributed by atoms with Gasteiger partial charge in [-0.25, -0.2) is 4.79 Å². The van der Waals surface area contributed by atoms with Crippen LogP contribution in [0.5, 0.6) is 11.5 Å². The minimum Gasteiger partial charge on any atom is -0.462 e. The third-order valence-corrected chi connectivity index (χ3v) is 6.00. The first-order valence-electron chi connectivity index (χ1n) is 9.61. The molecule has 0 aliphatic carbocycles. The van der Waals surface area contributed by atoms with Gasteiger partial charge in [-0.2, -0.15) is 0 Å². The predicted octanol–water partition coefficient (Wildman–Crippen LogP) is 4.81. The fourth-order valence-electron chi connectivity index (χ4n) is 3.27. The van der Waals surface area contributed by atoms with Gasteiger partial charge >= 0.3 is 5.97 Å². The Morgan fingerprint density at radius 1 is 1.10 bits per heavy atom. The molecule has 4 rings (SSSR count). The molecule has 1 amide bonds. The van der Waals surface area contributed by atoms with Crippen molar-refractivity contribution in [3.05, 3.63) is 75.7 Å². The van der Waals surface area contributed by atoms with Gasteiger partial charge in [-0.3, -0.25) is 4.79 Å². The summed E-state index contributed by atoms with van der Waals surface area (Å²) in [6.07, 6.45) is 0.598. The lowest BCUT2D eigenvalue weighted by Gasteiger charge is -2.07. The molecule has 0 fully saturated rings. The summed E-state index contributed by atoms with van der Waals surface area (Å²) >= 11 is 1.39. The number of ether oxygens (including phenoxy) is 3. The summed E-state index contributed by atoms with van der Waals surface area (Å²) in [6.45, 7) is 4.12. The van der Waals surface area contributed by atoms with Crippen molar-refractivity contribution >= 4 is 28.2 Å². The third kappa shape index (κ3) is 4.02. The molecule has 1 aliphatic rings. The van der Waals surface area contributed by atoms with E-state index in [9.17, 15) is 9.59 Å². The van der Waals surface area contributed by atoms with Gasteiger partial charge < -0.3 is 19.5 Å². The fraction of sp³-hybridized carbons (Fsp3) is 0.217. The predicted molar refractivity (Wildman–Crippen MR) is 115 cm³/mol. The molecule has 1 aliphatic heterocycles. The van der Waals surface area contributed by atoms with Crippen LogP contribution in [-0.2, 0) is 11.2 Å². The van der Waals surface area contributed by atoms with Crippen LogP contribution < -0.4 is 14.8 Å². The van der Waals surface area contributed by atoms with Gasteiger partial charge in [-0.1, -0.05) is 24.3 Å². The van der Waals surface area contributed by atoms with Crippen LogP contribution in [0.15, 0.2) is 48.5 Å². The number of benzene rings is 2. The minimum absolute atomic E-state index is 0.222. The number of rotatable bonds is 6. The maximum atomic E-state index is 12.7. The molecule has 7 heteroatoms. The standard InChI is InChI=1S/C23H21NO5S/c1-3-27-23(26)20-14(2)19(12-15-9-10-17-18(11-15)29-13-28-17)30-22(20)24-21(25)16-7-5-4-6-8-16/h4-11H,3,12-13H2,1-2H3,(H,24,25). The number of fused-ring (bicyclic) bond motifs is 1. The van der Waals surface area contributed by atoms with Crippen LogP contribution >= 0.6 is 11.3 Å². The Morgan fingerprint density at radius 3 is 2.63 bits per heavy atom. The molecular weight excluding hydrogens is 402 g/mol. The van der Waals surface area contributed by atoms with Crippen molar-refractivity contribution in [2.75, 3.05) is 18.7 Å². The van der Waals surface area contributed by atoms with E-state index >= 15 is 0 Å². The molecule has 0 atom stereocenters. The first-order chi connectivity index (χ1) is 14.6. The minimum atomic E-state index is -0.438. The molecule has 0 spiro atoms. The van der Waals surface area contributed by atoms with E-state index in [1.807, 2.05) is 31.2 Å². The van der Waals surface area contributed by atoms with Crippen molar-refractivity contribution in [1.29, 1.82) is 0 Å². The van der Waals surface area contributed by atoms with E-state index < -0.39 is 5.97 Å². The quantitative estimate of drug-likeness (QED) is 0.576. The van der Waals surface area contributed by atoms with Crippen molar-refractivity contribution in [3.8, 4) is 11.5 Å². The summed E-state index contributed by atoms with van der Waals surface area (Å²) in [5.74, 6) is 0.734. The van der Waals surface area contributed by atoms with Crippen molar-refractivity contribution in [2.45, 2.75) is 20.3 Å². The number of carbonyl (C=O) groups is 2. The van der Waals surface area contributed by atoms with Gasteiger partial charge in [0.2, 0.25) is 6.79 Å². The molecule has 1 N–H and O–H groups in total. The number of anilines is 1. The maximum absolute atomic E-state index is 12.7. The van der Waals surface area contributed by atoms with E-state index in [1.165, 1.54) is 11.3 Å². The number of hydrogen-bond donors (Lipinski definition) is 1. The number of esters is 1. The summed E-state index contributed by atoms with van der Waals surface area (Å²) in [7, 11) is 0. The van der Waals surface area contributed by atoms with Crippen molar-refractivity contribution < 1.29 is 23.8 Å². The molecule has 0 saturated heterocycles. The first-order valence-corrected chi connectivity index (χ1v) is 10.4. The highest BCUT2D eigenvalue weighted by atomic mass is 32.1. The average Bonchev–Trinajstić information content (AvgIpc) is 3.33. The van der Waals surface area contributed by atoms with Crippen molar-refractivity contribution in [3.63, 3.8) is 0 Å². The summed E-state index contributed by atoms with van der Waals surface area (Å²) in [5.41, 5.74) is 2.76. The molecule has 2 heterocycles.